The maximum Gasteiger partial charge on any atom is 0.237 e. The molecule has 1 atom stereocenters. The minimum atomic E-state index is -0.340. The lowest BCUT2D eigenvalue weighted by atomic mass is 10.2. The third kappa shape index (κ3) is 6.82. The normalized spacial score (nSPS) is 15.0. The number of anilines is 2. The van der Waals surface area contributed by atoms with Crippen molar-refractivity contribution in [3.05, 3.63) is 54.1 Å². The summed E-state index contributed by atoms with van der Waals surface area (Å²) in [5, 5.41) is 5.40. The summed E-state index contributed by atoms with van der Waals surface area (Å²) in [6.07, 6.45) is 5.02. The standard InChI is InChI=1S/C23H28N2O3S/c1-16-7-9-18(10-8-16)24-22(26)15-29-17(2)23(27)25-19-11-13-21(14-12-19)28-20-5-3-4-6-20/h7-14,17,20H,3-6,15H2,1-2H3,(H,24,26)(H,25,27). The van der Waals surface area contributed by atoms with Crippen molar-refractivity contribution in [2.75, 3.05) is 16.4 Å². The van der Waals surface area contributed by atoms with Gasteiger partial charge in [-0.2, -0.15) is 0 Å². The number of hydrogen-bond acceptors (Lipinski definition) is 4. The van der Waals surface area contributed by atoms with Crippen molar-refractivity contribution < 1.29 is 14.3 Å². The Bertz CT molecular complexity index is 815. The van der Waals surface area contributed by atoms with Crippen molar-refractivity contribution in [2.24, 2.45) is 0 Å². The second-order valence-corrected chi connectivity index (χ2v) is 8.73. The molecule has 154 valence electrons. The number of carbonyl (C=O) groups is 2. The molecule has 2 aromatic carbocycles. The Balaban J connectivity index is 1.41. The summed E-state index contributed by atoms with van der Waals surface area (Å²) >= 11 is 1.31. The molecule has 1 saturated carbocycles. The third-order valence-electron chi connectivity index (χ3n) is 4.90. The molecule has 1 fully saturated rings. The Labute approximate surface area is 176 Å². The van der Waals surface area contributed by atoms with E-state index in [-0.39, 0.29) is 22.8 Å². The zero-order valence-electron chi connectivity index (χ0n) is 16.9. The molecule has 0 bridgehead atoms. The van der Waals surface area contributed by atoms with Gasteiger partial charge in [-0.3, -0.25) is 9.59 Å². The van der Waals surface area contributed by atoms with Gasteiger partial charge < -0.3 is 15.4 Å². The van der Waals surface area contributed by atoms with Crippen molar-refractivity contribution >= 4 is 35.0 Å². The molecule has 0 spiro atoms. The number of rotatable bonds is 8. The van der Waals surface area contributed by atoms with Crippen LogP contribution < -0.4 is 15.4 Å². The lowest BCUT2D eigenvalue weighted by molar-refractivity contribution is -0.115. The van der Waals surface area contributed by atoms with E-state index in [0.717, 1.165) is 35.5 Å². The molecule has 0 saturated heterocycles. The number of thioether (sulfide) groups is 1. The van der Waals surface area contributed by atoms with Gasteiger partial charge in [0.05, 0.1) is 17.1 Å². The molecule has 1 unspecified atom stereocenters. The van der Waals surface area contributed by atoms with E-state index in [2.05, 4.69) is 10.6 Å². The van der Waals surface area contributed by atoms with Crippen LogP contribution in [0.4, 0.5) is 11.4 Å². The van der Waals surface area contributed by atoms with E-state index in [4.69, 9.17) is 4.74 Å². The molecule has 0 radical (unpaired) electrons. The average molecular weight is 413 g/mol. The predicted molar refractivity (Wildman–Crippen MR) is 120 cm³/mol. The molecule has 2 aromatic rings. The second-order valence-electron chi connectivity index (χ2n) is 7.41. The van der Waals surface area contributed by atoms with Gasteiger partial charge in [-0.15, -0.1) is 11.8 Å². The van der Waals surface area contributed by atoms with E-state index in [0.29, 0.717) is 6.10 Å². The lowest BCUT2D eigenvalue weighted by Crippen LogP contribution is -2.25. The van der Waals surface area contributed by atoms with Crippen LogP contribution in [0.3, 0.4) is 0 Å². The Morgan fingerprint density at radius 1 is 1.00 bits per heavy atom. The Hall–Kier alpha value is -2.47. The molecule has 6 heteroatoms. The van der Waals surface area contributed by atoms with E-state index < -0.39 is 0 Å². The minimum absolute atomic E-state index is 0.119. The summed E-state index contributed by atoms with van der Waals surface area (Å²) in [6, 6.07) is 15.1. The van der Waals surface area contributed by atoms with Crippen LogP contribution in [-0.2, 0) is 9.59 Å². The van der Waals surface area contributed by atoms with Crippen molar-refractivity contribution in [1.29, 1.82) is 0 Å². The van der Waals surface area contributed by atoms with Crippen molar-refractivity contribution in [2.45, 2.75) is 50.9 Å². The Morgan fingerprint density at radius 2 is 1.59 bits per heavy atom. The maximum atomic E-state index is 12.4. The van der Waals surface area contributed by atoms with Gasteiger partial charge in [0.1, 0.15) is 5.75 Å². The van der Waals surface area contributed by atoms with Gasteiger partial charge in [0.25, 0.3) is 0 Å². The zero-order chi connectivity index (χ0) is 20.6. The van der Waals surface area contributed by atoms with E-state index in [1.807, 2.05) is 55.5 Å². The van der Waals surface area contributed by atoms with Crippen molar-refractivity contribution in [3.63, 3.8) is 0 Å². The quantitative estimate of drug-likeness (QED) is 0.639. The lowest BCUT2D eigenvalue weighted by Gasteiger charge is -2.14. The molecule has 0 heterocycles. The van der Waals surface area contributed by atoms with Crippen molar-refractivity contribution in [1.82, 2.24) is 0 Å². The van der Waals surface area contributed by atoms with Crippen LogP contribution in [0.1, 0.15) is 38.2 Å². The topological polar surface area (TPSA) is 67.4 Å². The summed E-state index contributed by atoms with van der Waals surface area (Å²) in [5.74, 6) is 0.816. The molecule has 0 aromatic heterocycles. The highest BCUT2D eigenvalue weighted by Gasteiger charge is 2.17. The average Bonchev–Trinajstić information content (AvgIpc) is 3.22. The molecule has 2 amide bonds. The number of hydrogen-bond donors (Lipinski definition) is 2. The molecule has 2 N–H and O–H groups in total. The monoisotopic (exact) mass is 412 g/mol. The first-order valence-electron chi connectivity index (χ1n) is 10.1. The second kappa shape index (κ2) is 10.3. The largest absolute Gasteiger partial charge is 0.490 e. The Kier molecular flexibility index (Phi) is 7.58. The first-order valence-corrected chi connectivity index (χ1v) is 11.1. The summed E-state index contributed by atoms with van der Waals surface area (Å²) in [6.45, 7) is 3.80. The first kappa shape index (κ1) is 21.2. The number of ether oxygens (including phenoxy) is 1. The fourth-order valence-electron chi connectivity index (χ4n) is 3.17. The molecule has 1 aliphatic rings. The van der Waals surface area contributed by atoms with Gasteiger partial charge in [-0.05, 0) is 75.9 Å². The van der Waals surface area contributed by atoms with E-state index in [1.54, 1.807) is 6.92 Å². The van der Waals surface area contributed by atoms with E-state index >= 15 is 0 Å². The molecule has 29 heavy (non-hydrogen) atoms. The SMILES string of the molecule is Cc1ccc(NC(=O)CSC(C)C(=O)Nc2ccc(OC3CCCC3)cc2)cc1. The van der Waals surface area contributed by atoms with Gasteiger partial charge in [-0.1, -0.05) is 17.7 Å². The van der Waals surface area contributed by atoms with Crippen LogP contribution in [0.5, 0.6) is 5.75 Å². The van der Waals surface area contributed by atoms with Crippen LogP contribution in [-0.4, -0.2) is 28.9 Å². The van der Waals surface area contributed by atoms with Gasteiger partial charge in [0, 0.05) is 11.4 Å². The molecule has 3 rings (SSSR count). The van der Waals surface area contributed by atoms with Crippen molar-refractivity contribution in [3.8, 4) is 5.75 Å². The fourth-order valence-corrected chi connectivity index (χ4v) is 3.85. The smallest absolute Gasteiger partial charge is 0.237 e. The number of nitrogens with one attached hydrogen (secondary N) is 2. The van der Waals surface area contributed by atoms with Gasteiger partial charge in [0.15, 0.2) is 0 Å². The number of carbonyl (C=O) groups excluding carboxylic acids is 2. The third-order valence-corrected chi connectivity index (χ3v) is 6.04. The molecular weight excluding hydrogens is 384 g/mol. The van der Waals surface area contributed by atoms with Gasteiger partial charge in [0.2, 0.25) is 11.8 Å². The van der Waals surface area contributed by atoms with E-state index in [1.165, 1.54) is 24.6 Å². The minimum Gasteiger partial charge on any atom is -0.490 e. The predicted octanol–water partition coefficient (Wildman–Crippen LogP) is 5.02. The number of aryl methyl sites for hydroxylation is 1. The van der Waals surface area contributed by atoms with Crippen LogP contribution in [0.2, 0.25) is 0 Å². The summed E-state index contributed by atoms with van der Waals surface area (Å²) < 4.78 is 5.94. The fraction of sp³-hybridized carbons (Fsp3) is 0.391. The highest BCUT2D eigenvalue weighted by molar-refractivity contribution is 8.01. The summed E-state index contributed by atoms with van der Waals surface area (Å²) in [7, 11) is 0. The number of benzene rings is 2. The first-order chi connectivity index (χ1) is 14.0. The highest BCUT2D eigenvalue weighted by Crippen LogP contribution is 2.25. The zero-order valence-corrected chi connectivity index (χ0v) is 17.8. The summed E-state index contributed by atoms with van der Waals surface area (Å²) in [4.78, 5) is 24.5. The summed E-state index contributed by atoms with van der Waals surface area (Å²) in [5.41, 5.74) is 2.63. The van der Waals surface area contributed by atoms with Crippen LogP contribution in [0.25, 0.3) is 0 Å². The number of amides is 2. The molecule has 1 aliphatic carbocycles. The molecular formula is C23H28N2O3S. The maximum absolute atomic E-state index is 12.4. The highest BCUT2D eigenvalue weighted by atomic mass is 32.2. The van der Waals surface area contributed by atoms with Crippen LogP contribution in [0.15, 0.2) is 48.5 Å². The van der Waals surface area contributed by atoms with E-state index in [9.17, 15) is 9.59 Å². The Morgan fingerprint density at radius 3 is 2.24 bits per heavy atom. The van der Waals surface area contributed by atoms with Crippen LogP contribution >= 0.6 is 11.8 Å². The van der Waals surface area contributed by atoms with Gasteiger partial charge >= 0.3 is 0 Å². The molecule has 5 nitrogen and oxygen atoms in total. The van der Waals surface area contributed by atoms with Gasteiger partial charge in [-0.25, -0.2) is 0 Å². The van der Waals surface area contributed by atoms with Crippen LogP contribution in [0, 0.1) is 6.92 Å². The molecule has 0 aliphatic heterocycles.